The summed E-state index contributed by atoms with van der Waals surface area (Å²) in [6.45, 7) is -0.210. The molecule has 2 aromatic rings. The summed E-state index contributed by atoms with van der Waals surface area (Å²) in [5.41, 5.74) is -0.483. The van der Waals surface area contributed by atoms with Gasteiger partial charge in [0, 0.05) is 5.02 Å². The van der Waals surface area contributed by atoms with Crippen molar-refractivity contribution >= 4 is 23.3 Å². The fraction of sp³-hybridized carbons (Fsp3) is 0.0714. The summed E-state index contributed by atoms with van der Waals surface area (Å²) in [4.78, 5) is 11.5. The van der Waals surface area contributed by atoms with E-state index in [1.165, 1.54) is 0 Å². The molecule has 0 fully saturated rings. The van der Waals surface area contributed by atoms with E-state index in [0.717, 1.165) is 6.07 Å². The molecule has 0 atom stereocenters. The molecule has 0 aliphatic rings. The van der Waals surface area contributed by atoms with Gasteiger partial charge in [-0.25, -0.2) is 18.0 Å². The summed E-state index contributed by atoms with van der Waals surface area (Å²) in [6.07, 6.45) is 0. The molecule has 0 radical (unpaired) electrons. The Kier molecular flexibility index (Phi) is 5.11. The van der Waals surface area contributed by atoms with Crippen LogP contribution in [0.15, 0.2) is 36.4 Å². The van der Waals surface area contributed by atoms with Gasteiger partial charge in [-0.1, -0.05) is 11.6 Å². The highest BCUT2D eigenvalue weighted by Gasteiger charge is 2.14. The first-order chi connectivity index (χ1) is 10.5. The van der Waals surface area contributed by atoms with Gasteiger partial charge in [-0.2, -0.15) is 0 Å². The minimum atomic E-state index is -1.66. The topological polar surface area (TPSA) is 50.4 Å². The van der Waals surface area contributed by atoms with Gasteiger partial charge in [-0.3, -0.25) is 0 Å². The maximum atomic E-state index is 13.3. The largest absolute Gasteiger partial charge is 0.473 e. The second-order valence-corrected chi connectivity index (χ2v) is 4.53. The number of rotatable bonds is 4. The number of nitrogens with one attached hydrogen (secondary N) is 2. The lowest BCUT2D eigenvalue weighted by Crippen LogP contribution is -2.32. The van der Waals surface area contributed by atoms with Crippen molar-refractivity contribution in [1.82, 2.24) is 5.32 Å². The minimum absolute atomic E-state index is 0.210. The highest BCUT2D eigenvalue weighted by Crippen LogP contribution is 2.19. The number of ether oxygens (including phenoxy) is 1. The Morgan fingerprint density at radius 3 is 2.41 bits per heavy atom. The Morgan fingerprint density at radius 1 is 1.05 bits per heavy atom. The quantitative estimate of drug-likeness (QED) is 0.659. The second kappa shape index (κ2) is 7.04. The molecule has 2 rings (SSSR count). The lowest BCUT2D eigenvalue weighted by atomic mass is 10.3. The van der Waals surface area contributed by atoms with Crippen molar-refractivity contribution in [2.45, 2.75) is 0 Å². The van der Waals surface area contributed by atoms with Gasteiger partial charge in [0.05, 0.1) is 5.69 Å². The molecular weight excluding hydrogens is 321 g/mol. The summed E-state index contributed by atoms with van der Waals surface area (Å²) >= 11 is 5.70. The summed E-state index contributed by atoms with van der Waals surface area (Å²) in [5, 5.41) is 4.84. The van der Waals surface area contributed by atoms with Gasteiger partial charge in [-0.05, 0) is 36.4 Å². The molecule has 8 heteroatoms. The molecule has 0 spiro atoms. The van der Waals surface area contributed by atoms with Crippen LogP contribution in [-0.2, 0) is 0 Å². The average molecular weight is 331 g/mol. The number of anilines is 1. The number of hydrogen-bond donors (Lipinski definition) is 2. The van der Waals surface area contributed by atoms with Crippen LogP contribution in [0, 0.1) is 17.5 Å². The number of amides is 2. The minimum Gasteiger partial charge on any atom is -0.473 e. The molecule has 0 saturated carbocycles. The molecule has 0 bridgehead atoms. The van der Waals surface area contributed by atoms with Crippen molar-refractivity contribution in [1.29, 1.82) is 0 Å². The lowest BCUT2D eigenvalue weighted by molar-refractivity contribution is 0.234. The predicted octanol–water partition coefficient (Wildman–Crippen LogP) is 3.92. The predicted molar refractivity (Wildman–Crippen MR) is 75.4 cm³/mol. The normalized spacial score (nSPS) is 10.2. The molecule has 0 aromatic heterocycles. The fourth-order valence-corrected chi connectivity index (χ4v) is 1.63. The van der Waals surface area contributed by atoms with E-state index >= 15 is 0 Å². The maximum Gasteiger partial charge on any atom is 0.321 e. The molecular formula is C14H10ClF3N2O2. The van der Waals surface area contributed by atoms with Crippen molar-refractivity contribution in [3.63, 3.8) is 0 Å². The van der Waals surface area contributed by atoms with E-state index in [1.807, 2.05) is 5.32 Å². The van der Waals surface area contributed by atoms with E-state index in [4.69, 9.17) is 16.3 Å². The first-order valence-electron chi connectivity index (χ1n) is 6.04. The zero-order valence-electron chi connectivity index (χ0n) is 11.0. The highest BCUT2D eigenvalue weighted by atomic mass is 35.5. The number of carbonyl (C=O) groups excluding carboxylic acids is 1. The Morgan fingerprint density at radius 2 is 1.73 bits per heavy atom. The Balaban J connectivity index is 1.86. The lowest BCUT2D eigenvalue weighted by Gasteiger charge is -2.10. The van der Waals surface area contributed by atoms with Crippen LogP contribution in [0.3, 0.4) is 0 Å². The summed E-state index contributed by atoms with van der Waals surface area (Å²) < 4.78 is 44.3. The zero-order chi connectivity index (χ0) is 16.1. The van der Waals surface area contributed by atoms with Gasteiger partial charge in [-0.15, -0.1) is 0 Å². The zero-order valence-corrected chi connectivity index (χ0v) is 11.8. The standard InChI is InChI=1S/C14H10ClF3N2O2/c15-8-1-3-9(4-2-8)22-7-19-14(21)20-11-6-5-10(16)12(17)13(11)18/h1-6H,7H2,(H2,19,20,21). The van der Waals surface area contributed by atoms with E-state index in [2.05, 4.69) is 5.32 Å². The van der Waals surface area contributed by atoms with Gasteiger partial charge >= 0.3 is 6.03 Å². The molecule has 116 valence electrons. The third-order valence-corrected chi connectivity index (χ3v) is 2.82. The van der Waals surface area contributed by atoms with Crippen LogP contribution in [0.5, 0.6) is 5.75 Å². The van der Waals surface area contributed by atoms with Crippen LogP contribution in [-0.4, -0.2) is 12.8 Å². The third kappa shape index (κ3) is 4.05. The summed E-state index contributed by atoms with van der Waals surface area (Å²) in [5.74, 6) is -4.01. The number of urea groups is 1. The van der Waals surface area contributed by atoms with Crippen LogP contribution in [0.4, 0.5) is 23.7 Å². The van der Waals surface area contributed by atoms with Crippen LogP contribution in [0.2, 0.25) is 5.02 Å². The number of benzene rings is 2. The molecule has 0 saturated heterocycles. The van der Waals surface area contributed by atoms with Crippen molar-refractivity contribution in [3.8, 4) is 5.75 Å². The first kappa shape index (κ1) is 16.0. The van der Waals surface area contributed by atoms with E-state index in [1.54, 1.807) is 24.3 Å². The molecule has 2 N–H and O–H groups in total. The van der Waals surface area contributed by atoms with Crippen molar-refractivity contribution < 1.29 is 22.7 Å². The van der Waals surface area contributed by atoms with Gasteiger partial charge in [0.1, 0.15) is 5.75 Å². The Hall–Kier alpha value is -2.41. The maximum absolute atomic E-state index is 13.3. The summed E-state index contributed by atoms with van der Waals surface area (Å²) in [6, 6.07) is 7.18. The molecule has 4 nitrogen and oxygen atoms in total. The molecule has 2 amide bonds. The molecule has 2 aromatic carbocycles. The molecule has 22 heavy (non-hydrogen) atoms. The second-order valence-electron chi connectivity index (χ2n) is 4.10. The molecule has 0 heterocycles. The fourth-order valence-electron chi connectivity index (χ4n) is 1.50. The third-order valence-electron chi connectivity index (χ3n) is 2.57. The molecule has 0 aliphatic carbocycles. The van der Waals surface area contributed by atoms with E-state index in [9.17, 15) is 18.0 Å². The van der Waals surface area contributed by atoms with Crippen molar-refractivity contribution in [2.75, 3.05) is 12.0 Å². The smallest absolute Gasteiger partial charge is 0.321 e. The van der Waals surface area contributed by atoms with Gasteiger partial charge in [0.15, 0.2) is 24.2 Å². The van der Waals surface area contributed by atoms with Gasteiger partial charge in [0.2, 0.25) is 0 Å². The van der Waals surface area contributed by atoms with E-state index < -0.39 is 29.2 Å². The van der Waals surface area contributed by atoms with Gasteiger partial charge in [0.25, 0.3) is 0 Å². The van der Waals surface area contributed by atoms with Gasteiger partial charge < -0.3 is 15.4 Å². The number of halogens is 4. The highest BCUT2D eigenvalue weighted by molar-refractivity contribution is 6.30. The monoisotopic (exact) mass is 330 g/mol. The van der Waals surface area contributed by atoms with E-state index in [-0.39, 0.29) is 6.73 Å². The van der Waals surface area contributed by atoms with E-state index in [0.29, 0.717) is 16.8 Å². The van der Waals surface area contributed by atoms with Crippen LogP contribution in [0.1, 0.15) is 0 Å². The van der Waals surface area contributed by atoms with Crippen molar-refractivity contribution in [3.05, 3.63) is 58.9 Å². The molecule has 0 aliphatic heterocycles. The molecule has 0 unspecified atom stereocenters. The van der Waals surface area contributed by atoms with Crippen LogP contribution < -0.4 is 15.4 Å². The summed E-state index contributed by atoms with van der Waals surface area (Å²) in [7, 11) is 0. The van der Waals surface area contributed by atoms with Crippen LogP contribution >= 0.6 is 11.6 Å². The Labute approximate surface area is 128 Å². The SMILES string of the molecule is O=C(NCOc1ccc(Cl)cc1)Nc1ccc(F)c(F)c1F. The number of carbonyl (C=O) groups is 1. The number of hydrogen-bond acceptors (Lipinski definition) is 2. The first-order valence-corrected chi connectivity index (χ1v) is 6.42. The van der Waals surface area contributed by atoms with Crippen molar-refractivity contribution in [2.24, 2.45) is 0 Å². The van der Waals surface area contributed by atoms with Crippen LogP contribution in [0.25, 0.3) is 0 Å². The Bertz CT molecular complexity index is 681. The average Bonchev–Trinajstić information content (AvgIpc) is 2.50.